The van der Waals surface area contributed by atoms with Crippen molar-refractivity contribution in [1.82, 2.24) is 0 Å². The molecule has 0 saturated heterocycles. The van der Waals surface area contributed by atoms with E-state index in [4.69, 9.17) is 5.73 Å². The van der Waals surface area contributed by atoms with Crippen molar-refractivity contribution in [1.29, 1.82) is 0 Å². The molecule has 0 aliphatic rings. The minimum Gasteiger partial charge on any atom is -0.324 e. The number of hydrogen-bond donors (Lipinski definition) is 1. The lowest BCUT2D eigenvalue weighted by molar-refractivity contribution is 0.554. The second-order valence-electron chi connectivity index (χ2n) is 5.17. The van der Waals surface area contributed by atoms with Crippen molar-refractivity contribution in [3.8, 4) is 0 Å². The zero-order valence-electron chi connectivity index (χ0n) is 11.6. The molecule has 1 nitrogen and oxygen atoms in total. The van der Waals surface area contributed by atoms with Gasteiger partial charge in [-0.3, -0.25) is 0 Å². The van der Waals surface area contributed by atoms with Gasteiger partial charge < -0.3 is 5.73 Å². The summed E-state index contributed by atoms with van der Waals surface area (Å²) >= 11 is 0. The molecule has 0 aliphatic heterocycles. The Hall–Kier alpha value is -0.820. The zero-order chi connectivity index (χ0) is 12.7. The van der Waals surface area contributed by atoms with Gasteiger partial charge in [0, 0.05) is 6.04 Å². The van der Waals surface area contributed by atoms with E-state index in [-0.39, 0.29) is 6.04 Å². The highest BCUT2D eigenvalue weighted by molar-refractivity contribution is 5.32. The van der Waals surface area contributed by atoms with Crippen LogP contribution in [0.25, 0.3) is 0 Å². The molecule has 0 aromatic heterocycles. The van der Waals surface area contributed by atoms with Gasteiger partial charge in [0.1, 0.15) is 0 Å². The largest absolute Gasteiger partial charge is 0.324 e. The Morgan fingerprint density at radius 1 is 1.06 bits per heavy atom. The maximum absolute atomic E-state index is 6.26. The minimum atomic E-state index is 0.220. The number of aryl methyl sites for hydroxylation is 2. The van der Waals surface area contributed by atoms with Crippen molar-refractivity contribution in [2.75, 3.05) is 0 Å². The van der Waals surface area contributed by atoms with Gasteiger partial charge in [-0.2, -0.15) is 0 Å². The lowest BCUT2D eigenvalue weighted by Gasteiger charge is -2.15. The van der Waals surface area contributed by atoms with Crippen molar-refractivity contribution < 1.29 is 0 Å². The van der Waals surface area contributed by atoms with Crippen molar-refractivity contribution in [3.63, 3.8) is 0 Å². The molecule has 1 rings (SSSR count). The highest BCUT2D eigenvalue weighted by Crippen LogP contribution is 2.22. The Balaban J connectivity index is 2.38. The van der Waals surface area contributed by atoms with E-state index in [0.717, 1.165) is 6.42 Å². The second-order valence-corrected chi connectivity index (χ2v) is 5.17. The first kappa shape index (κ1) is 14.2. The van der Waals surface area contributed by atoms with Gasteiger partial charge in [0.15, 0.2) is 0 Å². The van der Waals surface area contributed by atoms with Crippen LogP contribution in [0.15, 0.2) is 18.2 Å². The molecule has 1 heteroatoms. The summed E-state index contributed by atoms with van der Waals surface area (Å²) in [6.45, 7) is 6.55. The monoisotopic (exact) mass is 233 g/mol. The van der Waals surface area contributed by atoms with Crippen molar-refractivity contribution >= 4 is 0 Å². The fraction of sp³-hybridized carbons (Fsp3) is 0.625. The van der Waals surface area contributed by atoms with Crippen LogP contribution in [0.1, 0.15) is 68.2 Å². The first-order valence-electron chi connectivity index (χ1n) is 6.98. The van der Waals surface area contributed by atoms with Gasteiger partial charge in [0.25, 0.3) is 0 Å². The average molecular weight is 233 g/mol. The van der Waals surface area contributed by atoms with Gasteiger partial charge in [0.05, 0.1) is 0 Å². The third-order valence-corrected chi connectivity index (χ3v) is 3.44. The van der Waals surface area contributed by atoms with Gasteiger partial charge in [-0.05, 0) is 31.4 Å². The molecule has 2 N–H and O–H groups in total. The summed E-state index contributed by atoms with van der Waals surface area (Å²) in [5.74, 6) is 0. The Kier molecular flexibility index (Phi) is 6.28. The third-order valence-electron chi connectivity index (χ3n) is 3.44. The molecule has 0 saturated carbocycles. The maximum Gasteiger partial charge on any atom is 0.0297 e. The molecule has 0 bridgehead atoms. The number of rotatable bonds is 7. The molecule has 17 heavy (non-hydrogen) atoms. The average Bonchev–Trinajstić information content (AvgIpc) is 2.28. The van der Waals surface area contributed by atoms with Crippen LogP contribution in [0, 0.1) is 13.8 Å². The molecule has 0 heterocycles. The fourth-order valence-electron chi connectivity index (χ4n) is 2.36. The SMILES string of the molecule is CCCCCCCC(N)c1ccc(C)cc1C. The van der Waals surface area contributed by atoms with Crippen LogP contribution < -0.4 is 5.73 Å². The zero-order valence-corrected chi connectivity index (χ0v) is 11.6. The van der Waals surface area contributed by atoms with Crippen LogP contribution in [0.5, 0.6) is 0 Å². The maximum atomic E-state index is 6.26. The summed E-state index contributed by atoms with van der Waals surface area (Å²) in [5.41, 5.74) is 10.2. The molecule has 1 unspecified atom stereocenters. The molecule has 1 atom stereocenters. The quantitative estimate of drug-likeness (QED) is 0.681. The van der Waals surface area contributed by atoms with Crippen molar-refractivity contribution in [2.24, 2.45) is 5.73 Å². The normalized spacial score (nSPS) is 12.7. The molecule has 0 fully saturated rings. The molecule has 0 aliphatic carbocycles. The highest BCUT2D eigenvalue weighted by atomic mass is 14.6. The van der Waals surface area contributed by atoms with Gasteiger partial charge in [-0.1, -0.05) is 62.8 Å². The highest BCUT2D eigenvalue weighted by Gasteiger charge is 2.08. The smallest absolute Gasteiger partial charge is 0.0297 e. The van der Waals surface area contributed by atoms with Crippen LogP contribution in [0.3, 0.4) is 0 Å². The molecule has 1 aromatic rings. The van der Waals surface area contributed by atoms with E-state index in [1.807, 2.05) is 0 Å². The molecule has 1 aromatic carbocycles. The Bertz CT molecular complexity index is 330. The van der Waals surface area contributed by atoms with Crippen LogP contribution in [0.2, 0.25) is 0 Å². The van der Waals surface area contributed by atoms with Gasteiger partial charge in [-0.25, -0.2) is 0 Å². The number of hydrogen-bond acceptors (Lipinski definition) is 1. The summed E-state index contributed by atoms with van der Waals surface area (Å²) < 4.78 is 0. The number of benzene rings is 1. The Morgan fingerprint density at radius 3 is 2.41 bits per heavy atom. The van der Waals surface area contributed by atoms with Crippen LogP contribution in [-0.2, 0) is 0 Å². The first-order chi connectivity index (χ1) is 8.15. The Morgan fingerprint density at radius 2 is 1.76 bits per heavy atom. The van der Waals surface area contributed by atoms with Crippen molar-refractivity contribution in [2.45, 2.75) is 65.3 Å². The van der Waals surface area contributed by atoms with E-state index < -0.39 is 0 Å². The summed E-state index contributed by atoms with van der Waals surface area (Å²) in [6.07, 6.45) is 7.73. The van der Waals surface area contributed by atoms with Gasteiger partial charge >= 0.3 is 0 Å². The molecule has 0 amide bonds. The topological polar surface area (TPSA) is 26.0 Å². The molecule has 0 spiro atoms. The van der Waals surface area contributed by atoms with Gasteiger partial charge in [-0.15, -0.1) is 0 Å². The molecule has 0 radical (unpaired) electrons. The number of nitrogens with two attached hydrogens (primary N) is 1. The first-order valence-corrected chi connectivity index (χ1v) is 6.98. The van der Waals surface area contributed by atoms with Crippen LogP contribution in [-0.4, -0.2) is 0 Å². The van der Waals surface area contributed by atoms with E-state index in [0.29, 0.717) is 0 Å². The number of unbranched alkanes of at least 4 members (excludes halogenated alkanes) is 4. The molecule has 96 valence electrons. The van der Waals surface area contributed by atoms with Crippen LogP contribution >= 0.6 is 0 Å². The predicted molar refractivity (Wildman–Crippen MR) is 76.2 cm³/mol. The molecular formula is C16H27N. The van der Waals surface area contributed by atoms with Gasteiger partial charge in [0.2, 0.25) is 0 Å². The summed E-state index contributed by atoms with van der Waals surface area (Å²) in [7, 11) is 0. The van der Waals surface area contributed by atoms with E-state index in [2.05, 4.69) is 39.0 Å². The fourth-order valence-corrected chi connectivity index (χ4v) is 2.36. The second kappa shape index (κ2) is 7.50. The van der Waals surface area contributed by atoms with E-state index in [1.165, 1.54) is 48.8 Å². The summed E-state index contributed by atoms with van der Waals surface area (Å²) in [4.78, 5) is 0. The third kappa shape index (κ3) is 4.91. The standard InChI is InChI=1S/C16H27N/c1-4-5-6-7-8-9-16(17)15-11-10-13(2)12-14(15)3/h10-12,16H,4-9,17H2,1-3H3. The summed E-state index contributed by atoms with van der Waals surface area (Å²) in [5, 5.41) is 0. The lowest BCUT2D eigenvalue weighted by atomic mass is 9.95. The van der Waals surface area contributed by atoms with E-state index in [1.54, 1.807) is 0 Å². The predicted octanol–water partition coefficient (Wildman–Crippen LogP) is 4.66. The van der Waals surface area contributed by atoms with E-state index in [9.17, 15) is 0 Å². The minimum absolute atomic E-state index is 0.220. The van der Waals surface area contributed by atoms with Crippen molar-refractivity contribution in [3.05, 3.63) is 34.9 Å². The lowest BCUT2D eigenvalue weighted by Crippen LogP contribution is -2.11. The van der Waals surface area contributed by atoms with Crippen LogP contribution in [0.4, 0.5) is 0 Å². The molecular weight excluding hydrogens is 206 g/mol. The summed E-state index contributed by atoms with van der Waals surface area (Å²) in [6, 6.07) is 6.81. The Labute approximate surface area is 106 Å². The van der Waals surface area contributed by atoms with E-state index >= 15 is 0 Å².